The van der Waals surface area contributed by atoms with Gasteiger partial charge in [-0.05, 0) is 56.4 Å². The van der Waals surface area contributed by atoms with Gasteiger partial charge in [-0.15, -0.1) is 0 Å². The largest absolute Gasteiger partial charge is 0.287 e. The van der Waals surface area contributed by atoms with Gasteiger partial charge in [-0.2, -0.15) is 0 Å². The lowest BCUT2D eigenvalue weighted by Gasteiger charge is -2.17. The third-order valence-electron chi connectivity index (χ3n) is 6.29. The standard InChI is InChI=1S/C26H25N3O3S/c30-23-19-10-4-5-11-20(19)24(31)28(23)16-17-33-26-27-22-13-7-6-12-21(22)25(32)29(26)15-14-18-8-2-1-3-9-18/h4-8,10-13H,1-3,9,14-17H2. The van der Waals surface area contributed by atoms with Crippen LogP contribution in [0.5, 0.6) is 0 Å². The first-order chi connectivity index (χ1) is 16.1. The molecule has 0 saturated heterocycles. The van der Waals surface area contributed by atoms with E-state index in [-0.39, 0.29) is 23.9 Å². The van der Waals surface area contributed by atoms with Crippen LogP contribution in [0, 0.1) is 0 Å². The van der Waals surface area contributed by atoms with E-state index in [1.807, 2.05) is 24.3 Å². The van der Waals surface area contributed by atoms with Gasteiger partial charge in [0.2, 0.25) is 0 Å². The minimum atomic E-state index is -0.260. The maximum Gasteiger partial charge on any atom is 0.262 e. The Morgan fingerprint density at radius 2 is 1.61 bits per heavy atom. The van der Waals surface area contributed by atoms with Gasteiger partial charge in [0.05, 0.1) is 22.0 Å². The van der Waals surface area contributed by atoms with E-state index < -0.39 is 0 Å². The summed E-state index contributed by atoms with van der Waals surface area (Å²) in [6, 6.07) is 14.3. The Hall–Kier alpha value is -3.19. The number of aromatic nitrogens is 2. The van der Waals surface area contributed by atoms with Crippen LogP contribution in [0.4, 0.5) is 0 Å². The van der Waals surface area contributed by atoms with Crippen molar-refractivity contribution in [1.29, 1.82) is 0 Å². The summed E-state index contributed by atoms with van der Waals surface area (Å²) in [6.45, 7) is 0.850. The van der Waals surface area contributed by atoms with Gasteiger partial charge >= 0.3 is 0 Å². The molecule has 168 valence electrons. The van der Waals surface area contributed by atoms with E-state index >= 15 is 0 Å². The highest BCUT2D eigenvalue weighted by Crippen LogP contribution is 2.25. The van der Waals surface area contributed by atoms with Gasteiger partial charge in [0.1, 0.15) is 0 Å². The molecule has 1 aromatic heterocycles. The molecule has 2 heterocycles. The number of carbonyl (C=O) groups is 2. The van der Waals surface area contributed by atoms with Crippen LogP contribution in [-0.2, 0) is 6.54 Å². The molecule has 0 radical (unpaired) electrons. The van der Waals surface area contributed by atoms with E-state index in [1.54, 1.807) is 28.8 Å². The number of para-hydroxylation sites is 1. The van der Waals surface area contributed by atoms with Crippen molar-refractivity contribution in [3.63, 3.8) is 0 Å². The van der Waals surface area contributed by atoms with Gasteiger partial charge in [0.15, 0.2) is 5.16 Å². The summed E-state index contributed by atoms with van der Waals surface area (Å²) in [5, 5.41) is 1.24. The number of amides is 2. The van der Waals surface area contributed by atoms with Crippen molar-refractivity contribution in [1.82, 2.24) is 14.5 Å². The summed E-state index contributed by atoms with van der Waals surface area (Å²) in [7, 11) is 0. The molecule has 0 fully saturated rings. The fraction of sp³-hybridized carbons (Fsp3) is 0.308. The minimum Gasteiger partial charge on any atom is -0.287 e. The molecule has 0 unspecified atom stereocenters. The van der Waals surface area contributed by atoms with Crippen LogP contribution in [0.3, 0.4) is 0 Å². The molecular formula is C26H25N3O3S. The van der Waals surface area contributed by atoms with Crippen LogP contribution in [0.25, 0.3) is 10.9 Å². The van der Waals surface area contributed by atoms with Crippen LogP contribution in [0.15, 0.2) is 70.1 Å². The summed E-state index contributed by atoms with van der Waals surface area (Å²) in [5.41, 5.74) is 2.94. The summed E-state index contributed by atoms with van der Waals surface area (Å²) in [4.78, 5) is 44.6. The second-order valence-electron chi connectivity index (χ2n) is 8.38. The fourth-order valence-corrected chi connectivity index (χ4v) is 5.46. The summed E-state index contributed by atoms with van der Waals surface area (Å²) in [5.74, 6) is -0.0486. The van der Waals surface area contributed by atoms with Crippen molar-refractivity contribution in [3.8, 4) is 0 Å². The van der Waals surface area contributed by atoms with Crippen LogP contribution in [0.2, 0.25) is 0 Å². The lowest BCUT2D eigenvalue weighted by Crippen LogP contribution is -2.32. The molecule has 33 heavy (non-hydrogen) atoms. The molecule has 0 N–H and O–H groups in total. The molecule has 6 nitrogen and oxygen atoms in total. The number of nitrogens with zero attached hydrogens (tertiary/aromatic N) is 3. The fourth-order valence-electron chi connectivity index (χ4n) is 4.51. The molecule has 0 saturated carbocycles. The number of allylic oxidation sites excluding steroid dienone is 2. The molecule has 7 heteroatoms. The number of rotatable bonds is 7. The highest BCUT2D eigenvalue weighted by atomic mass is 32.2. The zero-order valence-electron chi connectivity index (χ0n) is 18.3. The molecule has 0 spiro atoms. The highest BCUT2D eigenvalue weighted by molar-refractivity contribution is 7.99. The van der Waals surface area contributed by atoms with Crippen molar-refractivity contribution >= 4 is 34.5 Å². The van der Waals surface area contributed by atoms with Gasteiger partial charge in [-0.25, -0.2) is 4.98 Å². The first-order valence-electron chi connectivity index (χ1n) is 11.4. The Bertz CT molecular complexity index is 1290. The topological polar surface area (TPSA) is 72.3 Å². The molecule has 2 aliphatic rings. The number of hydrogen-bond acceptors (Lipinski definition) is 5. The number of carbonyl (C=O) groups excluding carboxylic acids is 2. The molecule has 1 aliphatic heterocycles. The Labute approximate surface area is 196 Å². The van der Waals surface area contributed by atoms with Crippen LogP contribution < -0.4 is 5.56 Å². The first kappa shape index (κ1) is 21.6. The number of hydrogen-bond donors (Lipinski definition) is 0. The average molecular weight is 460 g/mol. The second-order valence-corrected chi connectivity index (χ2v) is 9.44. The number of imide groups is 1. The SMILES string of the molecule is O=C1c2ccccc2C(=O)N1CCSc1nc2ccccc2c(=O)n1CCC1=CCCCC1. The van der Waals surface area contributed by atoms with Crippen LogP contribution in [-0.4, -0.2) is 38.6 Å². The second kappa shape index (κ2) is 9.35. The van der Waals surface area contributed by atoms with E-state index in [9.17, 15) is 14.4 Å². The maximum atomic E-state index is 13.3. The van der Waals surface area contributed by atoms with Crippen molar-refractivity contribution in [2.45, 2.75) is 43.8 Å². The quantitative estimate of drug-likeness (QED) is 0.222. The molecular weight excluding hydrogens is 434 g/mol. The van der Waals surface area contributed by atoms with E-state index in [2.05, 4.69) is 6.08 Å². The average Bonchev–Trinajstić information content (AvgIpc) is 3.09. The van der Waals surface area contributed by atoms with E-state index in [4.69, 9.17) is 4.98 Å². The molecule has 1 aliphatic carbocycles. The predicted molar refractivity (Wildman–Crippen MR) is 130 cm³/mol. The zero-order chi connectivity index (χ0) is 22.8. The van der Waals surface area contributed by atoms with Gasteiger partial charge in [0.25, 0.3) is 17.4 Å². The molecule has 2 amide bonds. The Kier molecular flexibility index (Phi) is 6.13. The monoisotopic (exact) mass is 459 g/mol. The van der Waals surface area contributed by atoms with Crippen molar-refractivity contribution in [3.05, 3.63) is 81.7 Å². The number of benzene rings is 2. The normalized spacial score (nSPS) is 15.8. The van der Waals surface area contributed by atoms with Crippen molar-refractivity contribution in [2.24, 2.45) is 0 Å². The van der Waals surface area contributed by atoms with E-state index in [1.165, 1.54) is 35.1 Å². The van der Waals surface area contributed by atoms with Crippen LogP contribution >= 0.6 is 11.8 Å². The first-order valence-corrected chi connectivity index (χ1v) is 12.4. The Morgan fingerprint density at radius 1 is 0.879 bits per heavy atom. The summed E-state index contributed by atoms with van der Waals surface area (Å²) < 4.78 is 1.75. The highest BCUT2D eigenvalue weighted by Gasteiger charge is 2.34. The Morgan fingerprint density at radius 3 is 2.33 bits per heavy atom. The van der Waals surface area contributed by atoms with Crippen molar-refractivity contribution < 1.29 is 9.59 Å². The molecule has 5 rings (SSSR count). The Balaban J connectivity index is 1.36. The van der Waals surface area contributed by atoms with Gasteiger partial charge in [-0.3, -0.25) is 23.9 Å². The van der Waals surface area contributed by atoms with Gasteiger partial charge < -0.3 is 0 Å². The molecule has 0 bridgehead atoms. The lowest BCUT2D eigenvalue weighted by molar-refractivity contribution is 0.0664. The maximum absolute atomic E-state index is 13.3. The zero-order valence-corrected chi connectivity index (χ0v) is 19.1. The summed E-state index contributed by atoms with van der Waals surface area (Å²) >= 11 is 1.42. The minimum absolute atomic E-state index is 0.0414. The smallest absolute Gasteiger partial charge is 0.262 e. The molecule has 2 aromatic carbocycles. The van der Waals surface area contributed by atoms with Gasteiger partial charge in [-0.1, -0.05) is 47.7 Å². The summed E-state index contributed by atoms with van der Waals surface area (Å²) in [6.07, 6.45) is 7.79. The molecule has 0 atom stereocenters. The van der Waals surface area contributed by atoms with E-state index in [0.717, 1.165) is 19.3 Å². The lowest BCUT2D eigenvalue weighted by atomic mass is 9.97. The molecule has 3 aromatic rings. The third-order valence-corrected chi connectivity index (χ3v) is 7.25. The predicted octanol–water partition coefficient (Wildman–Crippen LogP) is 4.68. The van der Waals surface area contributed by atoms with Crippen molar-refractivity contribution in [2.75, 3.05) is 12.3 Å². The van der Waals surface area contributed by atoms with E-state index in [0.29, 0.717) is 39.5 Å². The number of fused-ring (bicyclic) bond motifs is 2. The third kappa shape index (κ3) is 4.25. The van der Waals surface area contributed by atoms with Gasteiger partial charge in [0, 0.05) is 18.8 Å². The number of thioether (sulfide) groups is 1. The van der Waals surface area contributed by atoms with Crippen LogP contribution in [0.1, 0.15) is 52.8 Å².